The number of rotatable bonds is 0. The Kier molecular flexibility index (Phi) is 31.0. The van der Waals surface area contributed by atoms with Gasteiger partial charge in [0, 0.05) is 0 Å². The molecule has 0 N–H and O–H groups in total. The van der Waals surface area contributed by atoms with E-state index in [-0.39, 0.29) is 21.1 Å². The SMILES string of the molecule is C[CH-]C.[CH2-]N(C)C.[W+2]. The molecule has 8 heavy (non-hydrogen) atoms. The van der Waals surface area contributed by atoms with Gasteiger partial charge in [-0.3, -0.25) is 7.05 Å². The van der Waals surface area contributed by atoms with Gasteiger partial charge in [-0.2, -0.15) is 13.8 Å². The summed E-state index contributed by atoms with van der Waals surface area (Å²) in [5, 5.41) is 0. The van der Waals surface area contributed by atoms with Gasteiger partial charge in [-0.25, -0.2) is 0 Å². The van der Waals surface area contributed by atoms with Gasteiger partial charge in [-0.1, -0.05) is 0 Å². The number of hydrogen-bond donors (Lipinski definition) is 0. The van der Waals surface area contributed by atoms with Crippen molar-refractivity contribution in [2.45, 2.75) is 13.8 Å². The molecule has 0 aliphatic heterocycles. The summed E-state index contributed by atoms with van der Waals surface area (Å²) in [6.45, 7) is 4.00. The summed E-state index contributed by atoms with van der Waals surface area (Å²) >= 11 is 0. The molecule has 0 saturated carbocycles. The fourth-order valence-corrected chi connectivity index (χ4v) is 0. The average molecular weight is 285 g/mol. The van der Waals surface area contributed by atoms with Crippen LogP contribution in [0.2, 0.25) is 0 Å². The van der Waals surface area contributed by atoms with Crippen LogP contribution in [-0.4, -0.2) is 19.0 Å². The fourth-order valence-electron chi connectivity index (χ4n) is 0. The van der Waals surface area contributed by atoms with Crippen molar-refractivity contribution < 1.29 is 21.1 Å². The molecule has 0 aliphatic rings. The predicted molar refractivity (Wildman–Crippen MR) is 34.7 cm³/mol. The third-order valence-corrected chi connectivity index (χ3v) is 0. The van der Waals surface area contributed by atoms with Gasteiger partial charge in [0.15, 0.2) is 0 Å². The molecule has 0 saturated heterocycles. The van der Waals surface area contributed by atoms with E-state index >= 15 is 0 Å². The van der Waals surface area contributed by atoms with Gasteiger partial charge in [-0.15, -0.1) is 0 Å². The molecule has 0 fully saturated rings. The molecule has 0 radical (unpaired) electrons. The maximum atomic E-state index is 3.47. The van der Waals surface area contributed by atoms with E-state index in [0.717, 1.165) is 0 Å². The third kappa shape index (κ3) is 505. The molecule has 0 aromatic carbocycles. The first-order valence-corrected chi connectivity index (χ1v) is 2.37. The zero-order valence-corrected chi connectivity index (χ0v) is 9.07. The Morgan fingerprint density at radius 3 is 1.25 bits per heavy atom. The Hall–Kier alpha value is 0.648. The van der Waals surface area contributed by atoms with Crippen molar-refractivity contribution in [2.75, 3.05) is 14.1 Å². The maximum absolute atomic E-state index is 3.47. The van der Waals surface area contributed by atoms with Crippen LogP contribution in [0.4, 0.5) is 0 Å². The Labute approximate surface area is 67.7 Å². The minimum absolute atomic E-state index is 0. The molecule has 0 amide bonds. The van der Waals surface area contributed by atoms with Crippen LogP contribution in [0.15, 0.2) is 0 Å². The van der Waals surface area contributed by atoms with Crippen molar-refractivity contribution in [1.29, 1.82) is 0 Å². The Morgan fingerprint density at radius 1 is 1.25 bits per heavy atom. The van der Waals surface area contributed by atoms with Crippen molar-refractivity contribution in [3.8, 4) is 0 Å². The third-order valence-electron chi connectivity index (χ3n) is 0. The van der Waals surface area contributed by atoms with Crippen molar-refractivity contribution in [3.05, 3.63) is 13.5 Å². The monoisotopic (exact) mass is 285 g/mol. The second kappa shape index (κ2) is 15.6. The first kappa shape index (κ1) is 15.9. The van der Waals surface area contributed by atoms with E-state index in [4.69, 9.17) is 0 Å². The van der Waals surface area contributed by atoms with Gasteiger partial charge in [0.1, 0.15) is 0 Å². The Balaban J connectivity index is -0.0000000575. The number of hydrogen-bond acceptors (Lipinski definition) is 1. The van der Waals surface area contributed by atoms with Crippen LogP contribution in [-0.2, 0) is 21.1 Å². The summed E-state index contributed by atoms with van der Waals surface area (Å²) in [4.78, 5) is 1.75. The van der Waals surface area contributed by atoms with Crippen LogP contribution in [0.3, 0.4) is 0 Å². The molecule has 0 bridgehead atoms. The zero-order chi connectivity index (χ0) is 6.28. The van der Waals surface area contributed by atoms with E-state index in [0.29, 0.717) is 0 Å². The molecule has 50 valence electrons. The quantitative estimate of drug-likeness (QED) is 0.611. The minimum atomic E-state index is 0. The molecule has 0 aliphatic carbocycles. The van der Waals surface area contributed by atoms with Gasteiger partial charge in [-0.05, 0) is 14.1 Å². The standard InChI is InChI=1S/C3H8N.C3H7.W/c1-4(2)3;1-3-2;/h1H2,2-3H3;3H,1-2H3;/q2*-1;+2. The molecule has 0 aromatic rings. The topological polar surface area (TPSA) is 3.24 Å². The summed E-state index contributed by atoms with van der Waals surface area (Å²) < 4.78 is 0. The van der Waals surface area contributed by atoms with E-state index in [1.54, 1.807) is 4.90 Å². The van der Waals surface area contributed by atoms with Crippen LogP contribution in [0.25, 0.3) is 0 Å². The van der Waals surface area contributed by atoms with Gasteiger partial charge in [0.25, 0.3) is 0 Å². The van der Waals surface area contributed by atoms with Gasteiger partial charge in [0.2, 0.25) is 0 Å². The fraction of sp³-hybridized carbons (Fsp3) is 0.667. The second-order valence-corrected chi connectivity index (χ2v) is 1.66. The Morgan fingerprint density at radius 2 is 1.25 bits per heavy atom. The van der Waals surface area contributed by atoms with E-state index < -0.39 is 0 Å². The molecule has 1 nitrogen and oxygen atoms in total. The van der Waals surface area contributed by atoms with Crippen LogP contribution in [0.5, 0.6) is 0 Å². The maximum Gasteiger partial charge on any atom is 2.00 e. The summed E-state index contributed by atoms with van der Waals surface area (Å²) in [6, 6.07) is 0. The van der Waals surface area contributed by atoms with Gasteiger partial charge in [0.05, 0.1) is 0 Å². The molecule has 2 heteroatoms. The minimum Gasteiger partial charge on any atom is -0.464 e. The molecule has 0 aromatic heterocycles. The van der Waals surface area contributed by atoms with Crippen molar-refractivity contribution in [2.24, 2.45) is 0 Å². The first-order valence-electron chi connectivity index (χ1n) is 2.37. The van der Waals surface area contributed by atoms with Crippen LogP contribution in [0.1, 0.15) is 13.8 Å². The largest absolute Gasteiger partial charge is 2.00 e. The molecule has 0 rings (SSSR count). The molecule has 0 unspecified atom stereocenters. The molecule has 0 atom stereocenters. The molecular formula is C6H15NW. The second-order valence-electron chi connectivity index (χ2n) is 1.66. The van der Waals surface area contributed by atoms with Crippen LogP contribution >= 0.6 is 0 Å². The van der Waals surface area contributed by atoms with Crippen molar-refractivity contribution in [1.82, 2.24) is 4.90 Å². The van der Waals surface area contributed by atoms with E-state index in [1.807, 2.05) is 34.4 Å². The summed E-state index contributed by atoms with van der Waals surface area (Å²) in [5.41, 5.74) is 0. The molecule has 0 heterocycles. The van der Waals surface area contributed by atoms with E-state index in [1.165, 1.54) is 0 Å². The Bertz CT molecular complexity index is 19.7. The van der Waals surface area contributed by atoms with Crippen molar-refractivity contribution in [3.63, 3.8) is 0 Å². The summed E-state index contributed by atoms with van der Waals surface area (Å²) in [7, 11) is 7.25. The normalized spacial score (nSPS) is 6.75. The average Bonchev–Trinajstić information content (AvgIpc) is 1.33. The molecular weight excluding hydrogens is 270 g/mol. The zero-order valence-electron chi connectivity index (χ0n) is 6.14. The van der Waals surface area contributed by atoms with E-state index in [2.05, 4.69) is 7.05 Å². The van der Waals surface area contributed by atoms with Gasteiger partial charge < -0.3 is 11.3 Å². The van der Waals surface area contributed by atoms with Gasteiger partial charge >= 0.3 is 21.1 Å². The van der Waals surface area contributed by atoms with E-state index in [9.17, 15) is 0 Å². The predicted octanol–water partition coefficient (Wildman–Crippen LogP) is 1.57. The summed E-state index contributed by atoms with van der Waals surface area (Å²) in [5.74, 6) is 0. The van der Waals surface area contributed by atoms with Crippen molar-refractivity contribution >= 4 is 0 Å². The number of nitrogens with zero attached hydrogens (tertiary/aromatic N) is 1. The smallest absolute Gasteiger partial charge is 0.464 e. The van der Waals surface area contributed by atoms with Crippen LogP contribution < -0.4 is 0 Å². The first-order chi connectivity index (χ1) is 3.15. The van der Waals surface area contributed by atoms with Crippen LogP contribution in [0, 0.1) is 13.5 Å². The summed E-state index contributed by atoms with van der Waals surface area (Å²) in [6.07, 6.45) is 2.00. The molecule has 0 spiro atoms.